The van der Waals surface area contributed by atoms with Gasteiger partial charge in [0, 0.05) is 12.1 Å². The van der Waals surface area contributed by atoms with E-state index in [2.05, 4.69) is 27.7 Å². The third-order valence-electron chi connectivity index (χ3n) is 5.75. The maximum Gasteiger partial charge on any atom is 0.251 e. The van der Waals surface area contributed by atoms with Gasteiger partial charge in [0.1, 0.15) is 6.04 Å². The first-order chi connectivity index (χ1) is 14.5. The zero-order valence-corrected chi connectivity index (χ0v) is 18.2. The van der Waals surface area contributed by atoms with Crippen molar-refractivity contribution in [3.63, 3.8) is 0 Å². The highest BCUT2D eigenvalue weighted by Gasteiger charge is 2.28. The van der Waals surface area contributed by atoms with E-state index in [-0.39, 0.29) is 23.8 Å². The van der Waals surface area contributed by atoms with Gasteiger partial charge in [-0.3, -0.25) is 14.5 Å². The molecule has 2 aromatic rings. The van der Waals surface area contributed by atoms with E-state index in [0.717, 1.165) is 18.7 Å². The normalized spacial score (nSPS) is 16.3. The Hall–Kier alpha value is -2.66. The van der Waals surface area contributed by atoms with E-state index in [1.807, 2.05) is 57.2 Å². The van der Waals surface area contributed by atoms with Gasteiger partial charge >= 0.3 is 0 Å². The molecule has 2 atom stereocenters. The smallest absolute Gasteiger partial charge is 0.251 e. The molecule has 3 rings (SSSR count). The fourth-order valence-corrected chi connectivity index (χ4v) is 4.04. The van der Waals surface area contributed by atoms with Crippen LogP contribution in [0.1, 0.15) is 54.2 Å². The fraction of sp³-hybridized carbons (Fsp3) is 0.440. The van der Waals surface area contributed by atoms with Gasteiger partial charge in [-0.05, 0) is 56.5 Å². The maximum absolute atomic E-state index is 13.0. The van der Waals surface area contributed by atoms with Crippen LogP contribution in [0.2, 0.25) is 0 Å². The highest BCUT2D eigenvalue weighted by atomic mass is 16.2. The quantitative estimate of drug-likeness (QED) is 0.701. The average Bonchev–Trinajstić information content (AvgIpc) is 3.27. The second kappa shape index (κ2) is 10.4. The Morgan fingerprint density at radius 1 is 1.00 bits per heavy atom. The zero-order valence-electron chi connectivity index (χ0n) is 18.2. The monoisotopic (exact) mass is 407 g/mol. The van der Waals surface area contributed by atoms with Crippen LogP contribution >= 0.6 is 0 Å². The molecule has 5 heteroatoms. The number of carbonyl (C=O) groups excluding carboxylic acids is 2. The van der Waals surface area contributed by atoms with Gasteiger partial charge in [-0.25, -0.2) is 0 Å². The molecule has 1 heterocycles. The van der Waals surface area contributed by atoms with E-state index in [9.17, 15) is 9.59 Å². The summed E-state index contributed by atoms with van der Waals surface area (Å²) in [6.07, 6.45) is 2.39. The molecule has 0 spiro atoms. The summed E-state index contributed by atoms with van der Waals surface area (Å²) in [4.78, 5) is 28.1. The minimum Gasteiger partial charge on any atom is -0.352 e. The summed E-state index contributed by atoms with van der Waals surface area (Å²) >= 11 is 0. The first kappa shape index (κ1) is 22.0. The SMILES string of the molecule is Cc1cccc(C(=O)N[C@H](C(=O)NCC(c2ccccc2)N2CCCC2)C(C)C)c1. The average molecular weight is 408 g/mol. The van der Waals surface area contributed by atoms with Crippen LogP contribution < -0.4 is 10.6 Å². The Labute approximate surface area is 179 Å². The van der Waals surface area contributed by atoms with Crippen molar-refractivity contribution < 1.29 is 9.59 Å². The van der Waals surface area contributed by atoms with Crippen molar-refractivity contribution in [2.24, 2.45) is 5.92 Å². The van der Waals surface area contributed by atoms with Crippen LogP contribution in [0.15, 0.2) is 54.6 Å². The van der Waals surface area contributed by atoms with Crippen LogP contribution in [-0.4, -0.2) is 42.4 Å². The zero-order chi connectivity index (χ0) is 21.5. The molecule has 0 radical (unpaired) electrons. The molecule has 1 unspecified atom stereocenters. The molecule has 0 aliphatic carbocycles. The Kier molecular flexibility index (Phi) is 7.63. The van der Waals surface area contributed by atoms with Gasteiger partial charge in [0.15, 0.2) is 0 Å². The van der Waals surface area contributed by atoms with E-state index in [1.165, 1.54) is 18.4 Å². The molecule has 2 aromatic carbocycles. The number of hydrogen-bond donors (Lipinski definition) is 2. The largest absolute Gasteiger partial charge is 0.352 e. The lowest BCUT2D eigenvalue weighted by Gasteiger charge is -2.29. The van der Waals surface area contributed by atoms with Crippen molar-refractivity contribution in [3.8, 4) is 0 Å². The predicted molar refractivity (Wildman–Crippen MR) is 120 cm³/mol. The minimum atomic E-state index is -0.576. The summed E-state index contributed by atoms with van der Waals surface area (Å²) in [6.45, 7) is 8.49. The van der Waals surface area contributed by atoms with E-state index in [1.54, 1.807) is 6.07 Å². The lowest BCUT2D eigenvalue weighted by atomic mass is 10.0. The molecule has 0 bridgehead atoms. The number of benzene rings is 2. The third kappa shape index (κ3) is 5.70. The first-order valence-corrected chi connectivity index (χ1v) is 10.9. The fourth-order valence-electron chi connectivity index (χ4n) is 4.04. The molecule has 1 saturated heterocycles. The van der Waals surface area contributed by atoms with Gasteiger partial charge in [-0.2, -0.15) is 0 Å². The number of carbonyl (C=O) groups is 2. The summed E-state index contributed by atoms with van der Waals surface area (Å²) in [5.74, 6) is -0.362. The van der Waals surface area contributed by atoms with Crippen molar-refractivity contribution in [1.82, 2.24) is 15.5 Å². The molecule has 30 heavy (non-hydrogen) atoms. The van der Waals surface area contributed by atoms with Gasteiger partial charge in [0.25, 0.3) is 5.91 Å². The number of nitrogens with one attached hydrogen (secondary N) is 2. The molecule has 2 amide bonds. The van der Waals surface area contributed by atoms with Gasteiger partial charge in [0.2, 0.25) is 5.91 Å². The number of rotatable bonds is 8. The molecule has 2 N–H and O–H groups in total. The lowest BCUT2D eigenvalue weighted by molar-refractivity contribution is -0.124. The van der Waals surface area contributed by atoms with Crippen LogP contribution in [0.4, 0.5) is 0 Å². The second-order valence-electron chi connectivity index (χ2n) is 8.48. The van der Waals surface area contributed by atoms with Crippen LogP contribution in [0.25, 0.3) is 0 Å². The van der Waals surface area contributed by atoms with Gasteiger partial charge < -0.3 is 10.6 Å². The van der Waals surface area contributed by atoms with Gasteiger partial charge in [-0.1, -0.05) is 61.9 Å². The van der Waals surface area contributed by atoms with Crippen molar-refractivity contribution in [3.05, 3.63) is 71.3 Å². The summed E-state index contributed by atoms with van der Waals surface area (Å²) in [7, 11) is 0. The molecular formula is C25H33N3O2. The number of aryl methyl sites for hydroxylation is 1. The van der Waals surface area contributed by atoms with Crippen molar-refractivity contribution in [2.45, 2.75) is 45.7 Å². The molecule has 160 valence electrons. The van der Waals surface area contributed by atoms with Crippen LogP contribution in [0.5, 0.6) is 0 Å². The molecule has 1 aliphatic rings. The summed E-state index contributed by atoms with van der Waals surface area (Å²) in [6, 6.07) is 17.3. The third-order valence-corrected chi connectivity index (χ3v) is 5.75. The Morgan fingerprint density at radius 2 is 1.70 bits per heavy atom. The number of nitrogens with zero attached hydrogens (tertiary/aromatic N) is 1. The second-order valence-corrected chi connectivity index (χ2v) is 8.48. The highest BCUT2D eigenvalue weighted by molar-refractivity contribution is 5.97. The van der Waals surface area contributed by atoms with Crippen molar-refractivity contribution >= 4 is 11.8 Å². The van der Waals surface area contributed by atoms with E-state index in [0.29, 0.717) is 12.1 Å². The standard InChI is InChI=1S/C25H33N3O2/c1-18(2)23(27-24(29)21-13-9-10-19(3)16-21)25(30)26-17-22(28-14-7-8-15-28)20-11-5-4-6-12-20/h4-6,9-13,16,18,22-23H,7-8,14-15,17H2,1-3H3,(H,26,30)(H,27,29)/t22?,23-/m0/s1. The molecule has 5 nitrogen and oxygen atoms in total. The summed E-state index contributed by atoms with van der Waals surface area (Å²) in [5, 5.41) is 6.04. The number of amides is 2. The lowest BCUT2D eigenvalue weighted by Crippen LogP contribution is -2.51. The predicted octanol–water partition coefficient (Wildman–Crippen LogP) is 3.70. The number of likely N-dealkylation sites (tertiary alicyclic amines) is 1. The molecular weight excluding hydrogens is 374 g/mol. The maximum atomic E-state index is 13.0. The first-order valence-electron chi connectivity index (χ1n) is 10.9. The van der Waals surface area contributed by atoms with Crippen LogP contribution in [0, 0.1) is 12.8 Å². The molecule has 1 fully saturated rings. The van der Waals surface area contributed by atoms with E-state index < -0.39 is 6.04 Å². The molecule has 0 aromatic heterocycles. The Balaban J connectivity index is 1.67. The van der Waals surface area contributed by atoms with Gasteiger partial charge in [-0.15, -0.1) is 0 Å². The molecule has 1 aliphatic heterocycles. The Bertz CT molecular complexity index is 844. The highest BCUT2D eigenvalue weighted by Crippen LogP contribution is 2.24. The summed E-state index contributed by atoms with van der Waals surface area (Å²) < 4.78 is 0. The van der Waals surface area contributed by atoms with Crippen molar-refractivity contribution in [2.75, 3.05) is 19.6 Å². The van der Waals surface area contributed by atoms with Gasteiger partial charge in [0.05, 0.1) is 6.04 Å². The number of hydrogen-bond acceptors (Lipinski definition) is 3. The van der Waals surface area contributed by atoms with Crippen LogP contribution in [-0.2, 0) is 4.79 Å². The summed E-state index contributed by atoms with van der Waals surface area (Å²) in [5.41, 5.74) is 2.81. The topological polar surface area (TPSA) is 61.4 Å². The Morgan fingerprint density at radius 3 is 2.33 bits per heavy atom. The van der Waals surface area contributed by atoms with Crippen molar-refractivity contribution in [1.29, 1.82) is 0 Å². The minimum absolute atomic E-state index is 0.0132. The van der Waals surface area contributed by atoms with E-state index >= 15 is 0 Å². The van der Waals surface area contributed by atoms with Crippen LogP contribution in [0.3, 0.4) is 0 Å². The van der Waals surface area contributed by atoms with E-state index in [4.69, 9.17) is 0 Å². The molecule has 0 saturated carbocycles.